The van der Waals surface area contributed by atoms with E-state index in [0.717, 1.165) is 11.1 Å². The number of ether oxygens (including phenoxy) is 1. The molecule has 0 saturated heterocycles. The fourth-order valence-corrected chi connectivity index (χ4v) is 3.57. The van der Waals surface area contributed by atoms with Crippen LogP contribution in [0, 0.1) is 10.1 Å². The Balaban J connectivity index is 2.45. The van der Waals surface area contributed by atoms with Crippen LogP contribution < -0.4 is 16.8 Å². The predicted octanol–water partition coefficient (Wildman–Crippen LogP) is 2.74. The number of hydrogen-bond acceptors (Lipinski definition) is 5. The molecule has 0 heterocycles. The molecular formula is C24H32N6O5. The van der Waals surface area contributed by atoms with Gasteiger partial charge in [-0.15, -0.1) is 0 Å². The molecule has 11 nitrogen and oxygen atoms in total. The van der Waals surface area contributed by atoms with E-state index in [1.54, 1.807) is 20.8 Å². The average molecular weight is 485 g/mol. The molecule has 2 aromatic rings. The molecule has 1 atom stereocenters. The van der Waals surface area contributed by atoms with Crippen LogP contribution in [0.4, 0.5) is 4.79 Å². The maximum absolute atomic E-state index is 13.5. The van der Waals surface area contributed by atoms with E-state index in [4.69, 9.17) is 16.2 Å². The van der Waals surface area contributed by atoms with Crippen LogP contribution in [0.2, 0.25) is 0 Å². The van der Waals surface area contributed by atoms with Crippen LogP contribution in [0.3, 0.4) is 0 Å². The first kappa shape index (κ1) is 27.1. The number of hydrogen-bond donors (Lipinski definition) is 3. The van der Waals surface area contributed by atoms with Crippen molar-refractivity contribution in [3.8, 4) is 0 Å². The zero-order valence-corrected chi connectivity index (χ0v) is 20.1. The maximum atomic E-state index is 13.5. The van der Waals surface area contributed by atoms with Crippen molar-refractivity contribution < 1.29 is 19.4 Å². The Labute approximate surface area is 204 Å². The van der Waals surface area contributed by atoms with Crippen LogP contribution in [0.15, 0.2) is 65.8 Å². The molecular weight excluding hydrogens is 452 g/mol. The van der Waals surface area contributed by atoms with Crippen LogP contribution in [0.5, 0.6) is 0 Å². The topological polar surface area (TPSA) is 166 Å². The molecule has 2 amide bonds. The van der Waals surface area contributed by atoms with E-state index in [1.807, 2.05) is 60.7 Å². The van der Waals surface area contributed by atoms with Crippen LogP contribution in [0.25, 0.3) is 0 Å². The van der Waals surface area contributed by atoms with Gasteiger partial charge in [0.25, 0.3) is 5.96 Å². The molecule has 0 radical (unpaired) electrons. The van der Waals surface area contributed by atoms with E-state index in [-0.39, 0.29) is 18.9 Å². The first-order chi connectivity index (χ1) is 16.5. The Morgan fingerprint density at radius 2 is 1.57 bits per heavy atom. The molecule has 0 aromatic heterocycles. The minimum Gasteiger partial charge on any atom is -0.444 e. The number of primary amides is 1. The van der Waals surface area contributed by atoms with Crippen molar-refractivity contribution in [2.45, 2.75) is 51.3 Å². The highest BCUT2D eigenvalue weighted by Crippen LogP contribution is 2.33. The Morgan fingerprint density at radius 3 is 2.00 bits per heavy atom. The summed E-state index contributed by atoms with van der Waals surface area (Å²) >= 11 is 0. The molecule has 0 fully saturated rings. The van der Waals surface area contributed by atoms with E-state index in [1.165, 1.54) is 4.90 Å². The first-order valence-electron chi connectivity index (χ1n) is 11.1. The van der Waals surface area contributed by atoms with Gasteiger partial charge in [0.2, 0.25) is 5.91 Å². The molecule has 0 aliphatic rings. The molecule has 0 bridgehead atoms. The highest BCUT2D eigenvalue weighted by Gasteiger charge is 2.38. The summed E-state index contributed by atoms with van der Waals surface area (Å²) in [6.07, 6.45) is -0.220. The third-order valence-corrected chi connectivity index (χ3v) is 4.93. The number of nitrogens with two attached hydrogens (primary N) is 2. The number of benzene rings is 2. The molecule has 35 heavy (non-hydrogen) atoms. The number of nitrogens with one attached hydrogen (secondary N) is 1. The smallest absolute Gasteiger partial charge is 0.411 e. The summed E-state index contributed by atoms with van der Waals surface area (Å²) in [6, 6.07) is 16.9. The maximum Gasteiger partial charge on any atom is 0.411 e. The highest BCUT2D eigenvalue weighted by atomic mass is 16.7. The van der Waals surface area contributed by atoms with E-state index < -0.39 is 34.7 Å². The van der Waals surface area contributed by atoms with Gasteiger partial charge in [0.15, 0.2) is 5.03 Å². The van der Waals surface area contributed by atoms with Crippen LogP contribution in [0.1, 0.15) is 50.8 Å². The summed E-state index contributed by atoms with van der Waals surface area (Å²) in [6.45, 7) is 5.40. The summed E-state index contributed by atoms with van der Waals surface area (Å²) in [5.74, 6) is -1.07. The second-order valence-electron chi connectivity index (χ2n) is 8.82. The van der Waals surface area contributed by atoms with Crippen LogP contribution >= 0.6 is 0 Å². The van der Waals surface area contributed by atoms with Crippen LogP contribution in [-0.4, -0.2) is 46.1 Å². The third-order valence-electron chi connectivity index (χ3n) is 4.93. The molecule has 0 unspecified atom stereocenters. The van der Waals surface area contributed by atoms with Crippen molar-refractivity contribution >= 4 is 18.0 Å². The summed E-state index contributed by atoms with van der Waals surface area (Å²) < 4.78 is 5.69. The van der Waals surface area contributed by atoms with Crippen molar-refractivity contribution in [2.75, 3.05) is 6.54 Å². The molecule has 0 aliphatic heterocycles. The normalized spacial score (nSPS) is 12.6. The van der Waals surface area contributed by atoms with Gasteiger partial charge in [-0.25, -0.2) is 14.9 Å². The lowest BCUT2D eigenvalue weighted by atomic mass is 9.94. The van der Waals surface area contributed by atoms with E-state index in [0.29, 0.717) is 6.42 Å². The number of guanidine groups is 1. The summed E-state index contributed by atoms with van der Waals surface area (Å²) in [7, 11) is 0. The Kier molecular flexibility index (Phi) is 9.56. The molecule has 5 N–H and O–H groups in total. The van der Waals surface area contributed by atoms with Gasteiger partial charge in [-0.3, -0.25) is 9.69 Å². The number of carbonyl (C=O) groups is 2. The molecule has 188 valence electrons. The zero-order valence-electron chi connectivity index (χ0n) is 20.1. The third kappa shape index (κ3) is 8.61. The number of amides is 2. The predicted molar refractivity (Wildman–Crippen MR) is 132 cm³/mol. The summed E-state index contributed by atoms with van der Waals surface area (Å²) in [5.41, 5.74) is 12.0. The van der Waals surface area contributed by atoms with Crippen molar-refractivity contribution in [3.63, 3.8) is 0 Å². The summed E-state index contributed by atoms with van der Waals surface area (Å²) in [5, 5.41) is 15.1. The molecule has 11 heteroatoms. The van der Waals surface area contributed by atoms with E-state index in [2.05, 4.69) is 10.4 Å². The lowest BCUT2D eigenvalue weighted by Gasteiger charge is -2.38. The highest BCUT2D eigenvalue weighted by molar-refractivity contribution is 5.85. The minimum atomic E-state index is -1.04. The number of carbonyl (C=O) groups excluding carboxylic acids is 2. The van der Waals surface area contributed by atoms with Gasteiger partial charge >= 0.3 is 6.09 Å². The van der Waals surface area contributed by atoms with Crippen molar-refractivity contribution in [1.82, 2.24) is 10.2 Å². The second-order valence-corrected chi connectivity index (χ2v) is 8.82. The Hall–Kier alpha value is -4.15. The number of nitro groups is 1. The second kappa shape index (κ2) is 12.4. The minimum absolute atomic E-state index is 0.156. The lowest BCUT2D eigenvalue weighted by Crippen LogP contribution is -2.51. The Morgan fingerprint density at radius 1 is 1.06 bits per heavy atom. The lowest BCUT2D eigenvalue weighted by molar-refractivity contribution is -0.485. The number of hydrazone groups is 1. The quantitative estimate of drug-likeness (QED) is 0.153. The average Bonchev–Trinajstić information content (AvgIpc) is 2.77. The van der Waals surface area contributed by atoms with Crippen LogP contribution in [-0.2, 0) is 9.53 Å². The van der Waals surface area contributed by atoms with Crippen molar-refractivity contribution in [2.24, 2.45) is 16.6 Å². The van der Waals surface area contributed by atoms with Gasteiger partial charge < -0.3 is 21.5 Å². The molecule has 0 aliphatic carbocycles. The van der Waals surface area contributed by atoms with Crippen molar-refractivity contribution in [3.05, 3.63) is 81.9 Å². The van der Waals surface area contributed by atoms with Gasteiger partial charge in [0.1, 0.15) is 16.7 Å². The zero-order chi connectivity index (χ0) is 26.0. The molecule has 2 aromatic carbocycles. The molecule has 0 spiro atoms. The number of rotatable bonds is 10. The van der Waals surface area contributed by atoms with Gasteiger partial charge in [-0.1, -0.05) is 60.7 Å². The van der Waals surface area contributed by atoms with E-state index in [9.17, 15) is 19.7 Å². The van der Waals surface area contributed by atoms with Gasteiger partial charge in [0.05, 0.1) is 6.04 Å². The largest absolute Gasteiger partial charge is 0.444 e. The van der Waals surface area contributed by atoms with Gasteiger partial charge in [-0.2, -0.15) is 0 Å². The standard InChI is InChI=1S/C24H32N6O5/c1-24(2,3)35-23(32)29(19(21(25)31)15-10-16-27-22(26)28-30(33)34)20(17-11-6-4-7-12-17)18-13-8-5-9-14-18/h4-9,11-14,19-20H,10,15-16H2,1-3H3,(H2,25,31)(H3,26,27,28)/t19-/m1/s1. The first-order valence-corrected chi connectivity index (χ1v) is 11.1. The summed E-state index contributed by atoms with van der Waals surface area (Å²) in [4.78, 5) is 38.0. The van der Waals surface area contributed by atoms with Gasteiger partial charge in [-0.05, 0) is 44.7 Å². The monoisotopic (exact) mass is 484 g/mol. The molecule has 0 saturated carbocycles. The fourth-order valence-electron chi connectivity index (χ4n) is 3.57. The SMILES string of the molecule is CC(C)(C)OC(=O)N(C(c1ccccc1)c1ccccc1)[C@H](CCCNC(N)=N[N+](=O)[O-])C(N)=O. The van der Waals surface area contributed by atoms with Gasteiger partial charge in [0, 0.05) is 6.54 Å². The fraction of sp³-hybridized carbons (Fsp3) is 0.375. The molecule has 2 rings (SSSR count). The number of nitrogens with zero attached hydrogens (tertiary/aromatic N) is 3. The Bertz CT molecular complexity index is 984. The van der Waals surface area contributed by atoms with E-state index >= 15 is 0 Å². The van der Waals surface area contributed by atoms with Crippen molar-refractivity contribution in [1.29, 1.82) is 0 Å².